The number of benzene rings is 1. The first-order valence-electron chi connectivity index (χ1n) is 6.18. The molecule has 0 amide bonds. The maximum absolute atomic E-state index is 9.47. The largest absolute Gasteiger partial charge is 0.497 e. The minimum Gasteiger partial charge on any atom is -0.497 e. The van der Waals surface area contributed by atoms with Crippen LogP contribution < -0.4 is 10.1 Å². The number of methoxy groups -OCH3 is 1. The zero-order valence-electron chi connectivity index (χ0n) is 10.2. The Labute approximate surface area is 102 Å². The Morgan fingerprint density at radius 3 is 2.53 bits per heavy atom. The van der Waals surface area contributed by atoms with E-state index >= 15 is 0 Å². The van der Waals surface area contributed by atoms with Crippen molar-refractivity contribution in [3.8, 4) is 5.75 Å². The quantitative estimate of drug-likeness (QED) is 0.827. The number of hydrogen-bond acceptors (Lipinski definition) is 3. The summed E-state index contributed by atoms with van der Waals surface area (Å²) in [7, 11) is 1.69. The van der Waals surface area contributed by atoms with Gasteiger partial charge in [0.2, 0.25) is 0 Å². The molecule has 0 unspecified atom stereocenters. The fourth-order valence-electron chi connectivity index (χ4n) is 3.62. The highest BCUT2D eigenvalue weighted by molar-refractivity contribution is 5.37. The number of ether oxygens (including phenoxy) is 1. The molecule has 1 saturated carbocycles. The Bertz CT molecular complexity index is 407. The highest BCUT2D eigenvalue weighted by atomic mass is 16.5. The Hall–Kier alpha value is -1.06. The number of aliphatic hydroxyl groups is 1. The van der Waals surface area contributed by atoms with Crippen LogP contribution in [0.15, 0.2) is 24.3 Å². The molecule has 0 radical (unpaired) electrons. The summed E-state index contributed by atoms with van der Waals surface area (Å²) in [6.45, 7) is 2.29. The SMILES string of the molecule is COc1ccc(C23CNCC(CO)(C2)C3)cc1. The van der Waals surface area contributed by atoms with Gasteiger partial charge in [-0.2, -0.15) is 0 Å². The standard InChI is InChI=1S/C14H19NO2/c1-17-12-4-2-11(3-5-12)14-6-13(7-14,10-16)8-15-9-14/h2-5,15-16H,6-10H2,1H3. The predicted octanol–water partition coefficient (Wildman–Crippen LogP) is 1.31. The van der Waals surface area contributed by atoms with Crippen LogP contribution >= 0.6 is 0 Å². The highest BCUT2D eigenvalue weighted by Gasteiger charge is 2.57. The lowest BCUT2D eigenvalue weighted by atomic mass is 9.48. The maximum atomic E-state index is 9.47. The van der Waals surface area contributed by atoms with E-state index < -0.39 is 0 Å². The van der Waals surface area contributed by atoms with Gasteiger partial charge >= 0.3 is 0 Å². The lowest BCUT2D eigenvalue weighted by Gasteiger charge is -2.60. The van der Waals surface area contributed by atoms with Gasteiger partial charge in [-0.1, -0.05) is 12.1 Å². The van der Waals surface area contributed by atoms with Crippen LogP contribution in [0.5, 0.6) is 5.75 Å². The molecule has 4 rings (SSSR count). The van der Waals surface area contributed by atoms with Crippen molar-refractivity contribution in [1.29, 1.82) is 0 Å². The van der Waals surface area contributed by atoms with Crippen molar-refractivity contribution in [3.63, 3.8) is 0 Å². The monoisotopic (exact) mass is 233 g/mol. The van der Waals surface area contributed by atoms with Gasteiger partial charge in [0.25, 0.3) is 0 Å². The van der Waals surface area contributed by atoms with Gasteiger partial charge in [-0.3, -0.25) is 0 Å². The molecule has 3 heteroatoms. The number of rotatable bonds is 3. The number of hydrogen-bond donors (Lipinski definition) is 2. The molecule has 17 heavy (non-hydrogen) atoms. The Balaban J connectivity index is 1.84. The summed E-state index contributed by atoms with van der Waals surface area (Å²) in [5.74, 6) is 0.904. The molecule has 0 spiro atoms. The number of fused-ring (bicyclic) bond motifs is 2. The zero-order valence-corrected chi connectivity index (χ0v) is 10.2. The fraction of sp³-hybridized carbons (Fsp3) is 0.571. The second-order valence-corrected chi connectivity index (χ2v) is 5.62. The molecule has 0 aromatic heterocycles. The highest BCUT2D eigenvalue weighted by Crippen LogP contribution is 2.57. The molecule has 0 atom stereocenters. The maximum Gasteiger partial charge on any atom is 0.118 e. The molecular formula is C14H19NO2. The van der Waals surface area contributed by atoms with E-state index in [-0.39, 0.29) is 10.8 Å². The number of nitrogens with one attached hydrogen (secondary N) is 1. The Kier molecular flexibility index (Phi) is 2.42. The van der Waals surface area contributed by atoms with Gasteiger partial charge in [-0.25, -0.2) is 0 Å². The summed E-state index contributed by atoms with van der Waals surface area (Å²) < 4.78 is 5.19. The van der Waals surface area contributed by atoms with Crippen LogP contribution in [0.4, 0.5) is 0 Å². The van der Waals surface area contributed by atoms with Crippen molar-refractivity contribution in [2.45, 2.75) is 18.3 Å². The lowest BCUT2D eigenvalue weighted by Crippen LogP contribution is -2.65. The third kappa shape index (κ3) is 1.57. The number of piperidine rings is 2. The molecular weight excluding hydrogens is 214 g/mol. The van der Waals surface area contributed by atoms with E-state index in [4.69, 9.17) is 4.74 Å². The van der Waals surface area contributed by atoms with Crippen LogP contribution in [0, 0.1) is 5.41 Å². The van der Waals surface area contributed by atoms with E-state index in [1.807, 2.05) is 12.1 Å². The summed E-state index contributed by atoms with van der Waals surface area (Å²) >= 11 is 0. The molecule has 2 N–H and O–H groups in total. The average Bonchev–Trinajstić information content (AvgIpc) is 2.38. The molecule has 1 aromatic rings. The van der Waals surface area contributed by atoms with Gasteiger partial charge in [0.05, 0.1) is 7.11 Å². The third-order valence-electron chi connectivity index (χ3n) is 4.43. The van der Waals surface area contributed by atoms with Gasteiger partial charge in [-0.15, -0.1) is 0 Å². The van der Waals surface area contributed by atoms with Gasteiger partial charge in [0.15, 0.2) is 0 Å². The van der Waals surface area contributed by atoms with Crippen LogP contribution in [0.3, 0.4) is 0 Å². The van der Waals surface area contributed by atoms with Gasteiger partial charge in [0, 0.05) is 30.5 Å². The van der Waals surface area contributed by atoms with E-state index in [0.717, 1.165) is 31.7 Å². The minimum absolute atomic E-state index is 0.137. The molecule has 92 valence electrons. The van der Waals surface area contributed by atoms with Crippen molar-refractivity contribution in [3.05, 3.63) is 29.8 Å². The van der Waals surface area contributed by atoms with E-state index in [0.29, 0.717) is 6.61 Å². The van der Waals surface area contributed by atoms with Crippen LogP contribution in [-0.2, 0) is 5.41 Å². The minimum atomic E-state index is 0.137. The molecule has 3 fully saturated rings. The first-order valence-corrected chi connectivity index (χ1v) is 6.18. The summed E-state index contributed by atoms with van der Waals surface area (Å²) in [5, 5.41) is 12.9. The number of aliphatic hydroxyl groups excluding tert-OH is 1. The van der Waals surface area contributed by atoms with Crippen LogP contribution in [0.25, 0.3) is 0 Å². The van der Waals surface area contributed by atoms with Gasteiger partial charge < -0.3 is 15.2 Å². The van der Waals surface area contributed by atoms with Gasteiger partial charge in [0.1, 0.15) is 5.75 Å². The van der Waals surface area contributed by atoms with Crippen molar-refractivity contribution in [2.24, 2.45) is 5.41 Å². The Morgan fingerprint density at radius 1 is 1.24 bits per heavy atom. The molecule has 1 aliphatic carbocycles. The zero-order chi connectivity index (χ0) is 11.9. The topological polar surface area (TPSA) is 41.5 Å². The summed E-state index contributed by atoms with van der Waals surface area (Å²) in [5.41, 5.74) is 1.75. The molecule has 2 heterocycles. The molecule has 3 aliphatic rings. The van der Waals surface area contributed by atoms with E-state index in [9.17, 15) is 5.11 Å². The first-order chi connectivity index (χ1) is 8.22. The van der Waals surface area contributed by atoms with Crippen LogP contribution in [-0.4, -0.2) is 31.9 Å². The Morgan fingerprint density at radius 2 is 1.94 bits per heavy atom. The summed E-state index contributed by atoms with van der Waals surface area (Å²) in [4.78, 5) is 0. The second-order valence-electron chi connectivity index (χ2n) is 5.62. The van der Waals surface area contributed by atoms with Crippen molar-refractivity contribution in [1.82, 2.24) is 5.32 Å². The summed E-state index contributed by atoms with van der Waals surface area (Å²) in [6, 6.07) is 8.37. The van der Waals surface area contributed by atoms with Crippen molar-refractivity contribution < 1.29 is 9.84 Å². The molecule has 2 bridgehead atoms. The van der Waals surface area contributed by atoms with Gasteiger partial charge in [-0.05, 0) is 30.5 Å². The van der Waals surface area contributed by atoms with Crippen molar-refractivity contribution in [2.75, 3.05) is 26.8 Å². The van der Waals surface area contributed by atoms with E-state index in [2.05, 4.69) is 17.4 Å². The third-order valence-corrected chi connectivity index (χ3v) is 4.43. The smallest absolute Gasteiger partial charge is 0.118 e. The second kappa shape index (κ2) is 3.72. The molecule has 2 saturated heterocycles. The average molecular weight is 233 g/mol. The van der Waals surface area contributed by atoms with Crippen LogP contribution in [0.2, 0.25) is 0 Å². The predicted molar refractivity (Wildman–Crippen MR) is 66.3 cm³/mol. The van der Waals surface area contributed by atoms with Crippen molar-refractivity contribution >= 4 is 0 Å². The summed E-state index contributed by atoms with van der Waals surface area (Å²) in [6.07, 6.45) is 2.21. The van der Waals surface area contributed by atoms with E-state index in [1.165, 1.54) is 5.56 Å². The molecule has 3 nitrogen and oxygen atoms in total. The van der Waals surface area contributed by atoms with E-state index in [1.54, 1.807) is 7.11 Å². The molecule has 2 aliphatic heterocycles. The fourth-order valence-corrected chi connectivity index (χ4v) is 3.62. The molecule has 1 aromatic carbocycles. The van der Waals surface area contributed by atoms with Crippen LogP contribution in [0.1, 0.15) is 18.4 Å². The first kappa shape index (κ1) is 11.1. The normalized spacial score (nSPS) is 35.2. The lowest BCUT2D eigenvalue weighted by molar-refractivity contribution is -0.0582.